The van der Waals surface area contributed by atoms with Gasteiger partial charge >= 0.3 is 0 Å². The first-order valence-electron chi connectivity index (χ1n) is 7.57. The van der Waals surface area contributed by atoms with Crippen LogP contribution in [0.15, 0.2) is 30.5 Å². The second kappa shape index (κ2) is 6.56. The number of H-pyrrole nitrogens is 1. The van der Waals surface area contributed by atoms with E-state index < -0.39 is 5.60 Å². The molecule has 1 aromatic heterocycles. The molecule has 0 spiro atoms. The van der Waals surface area contributed by atoms with E-state index in [1.54, 1.807) is 13.3 Å². The Morgan fingerprint density at radius 2 is 2.27 bits per heavy atom. The number of hydrogen-bond acceptors (Lipinski definition) is 5. The minimum absolute atomic E-state index is 0.577. The van der Waals surface area contributed by atoms with Crippen molar-refractivity contribution >= 4 is 0 Å². The molecule has 1 fully saturated rings. The van der Waals surface area contributed by atoms with Gasteiger partial charge in [0.2, 0.25) is 0 Å². The molecule has 6 heteroatoms. The monoisotopic (exact) mass is 302 g/mol. The van der Waals surface area contributed by atoms with Crippen LogP contribution in [-0.4, -0.2) is 45.6 Å². The molecule has 0 saturated carbocycles. The minimum Gasteiger partial charge on any atom is -0.382 e. The third-order valence-corrected chi connectivity index (χ3v) is 4.15. The summed E-state index contributed by atoms with van der Waals surface area (Å²) in [4.78, 5) is 2.27. The van der Waals surface area contributed by atoms with E-state index in [1.807, 2.05) is 0 Å². The molecule has 0 aliphatic carbocycles. The fourth-order valence-electron chi connectivity index (χ4n) is 3.14. The first-order chi connectivity index (χ1) is 10.7. The van der Waals surface area contributed by atoms with Crippen molar-refractivity contribution < 1.29 is 9.84 Å². The molecule has 0 radical (unpaired) electrons. The lowest BCUT2D eigenvalue weighted by molar-refractivity contribution is -0.0414. The second-order valence-electron chi connectivity index (χ2n) is 5.95. The molecule has 0 amide bonds. The van der Waals surface area contributed by atoms with Crippen LogP contribution in [0.3, 0.4) is 0 Å². The maximum Gasteiger partial charge on any atom is 0.123 e. The van der Waals surface area contributed by atoms with Crippen molar-refractivity contribution in [2.24, 2.45) is 0 Å². The lowest BCUT2D eigenvalue weighted by atomic mass is 9.90. The zero-order valence-corrected chi connectivity index (χ0v) is 12.8. The standard InChI is InChI=1S/C16H22N4O2/c1-22-11-14-5-2-4-13(8-14)10-20-7-3-6-16(21,12-20)15-9-17-19-18-15/h2,4-5,8-9,21H,3,6-7,10-12H2,1H3,(H,17,18,19). The van der Waals surface area contributed by atoms with Crippen molar-refractivity contribution in [3.63, 3.8) is 0 Å². The molecule has 1 aromatic carbocycles. The molecule has 2 N–H and O–H groups in total. The number of ether oxygens (including phenoxy) is 1. The highest BCUT2D eigenvalue weighted by atomic mass is 16.5. The lowest BCUT2D eigenvalue weighted by Crippen LogP contribution is -2.45. The number of nitrogens with zero attached hydrogens (tertiary/aromatic N) is 3. The average molecular weight is 302 g/mol. The first kappa shape index (κ1) is 15.1. The summed E-state index contributed by atoms with van der Waals surface area (Å²) in [5.74, 6) is 0. The Bertz CT molecular complexity index is 602. The second-order valence-corrected chi connectivity index (χ2v) is 5.95. The molecule has 2 heterocycles. The van der Waals surface area contributed by atoms with Crippen LogP contribution in [0.5, 0.6) is 0 Å². The average Bonchev–Trinajstić information content (AvgIpc) is 3.03. The van der Waals surface area contributed by atoms with Gasteiger partial charge in [-0.25, -0.2) is 0 Å². The molecule has 1 unspecified atom stereocenters. The molecule has 1 aliphatic heterocycles. The van der Waals surface area contributed by atoms with E-state index in [0.717, 1.165) is 25.9 Å². The topological polar surface area (TPSA) is 74.3 Å². The van der Waals surface area contributed by atoms with Crippen molar-refractivity contribution in [3.8, 4) is 0 Å². The third-order valence-electron chi connectivity index (χ3n) is 4.15. The van der Waals surface area contributed by atoms with Gasteiger partial charge in [0.25, 0.3) is 0 Å². The van der Waals surface area contributed by atoms with Crippen LogP contribution in [-0.2, 0) is 23.5 Å². The number of β-amino-alcohol motifs (C(OH)–C–C–N with tert-alkyl or cyclic N) is 1. The molecule has 6 nitrogen and oxygen atoms in total. The van der Waals surface area contributed by atoms with Gasteiger partial charge in [-0.2, -0.15) is 15.4 Å². The molecular weight excluding hydrogens is 280 g/mol. The number of nitrogens with one attached hydrogen (secondary N) is 1. The predicted octanol–water partition coefficient (Wildman–Crippen LogP) is 1.43. The van der Waals surface area contributed by atoms with E-state index in [0.29, 0.717) is 18.8 Å². The maximum absolute atomic E-state index is 10.8. The molecule has 0 bridgehead atoms. The highest BCUT2D eigenvalue weighted by Gasteiger charge is 2.37. The summed E-state index contributed by atoms with van der Waals surface area (Å²) in [5, 5.41) is 21.3. The lowest BCUT2D eigenvalue weighted by Gasteiger charge is -2.38. The number of methoxy groups -OCH3 is 1. The minimum atomic E-state index is -0.907. The number of aromatic nitrogens is 3. The van der Waals surface area contributed by atoms with Crippen LogP contribution in [0.4, 0.5) is 0 Å². The van der Waals surface area contributed by atoms with Crippen molar-refractivity contribution in [1.29, 1.82) is 0 Å². The van der Waals surface area contributed by atoms with Gasteiger partial charge in [0, 0.05) is 20.2 Å². The fraction of sp³-hybridized carbons (Fsp3) is 0.500. The van der Waals surface area contributed by atoms with Crippen molar-refractivity contribution in [1.82, 2.24) is 20.3 Å². The predicted molar refractivity (Wildman–Crippen MR) is 81.9 cm³/mol. The highest BCUT2D eigenvalue weighted by Crippen LogP contribution is 2.30. The van der Waals surface area contributed by atoms with Gasteiger partial charge < -0.3 is 9.84 Å². The molecule has 2 aromatic rings. The number of benzene rings is 1. The molecule has 118 valence electrons. The van der Waals surface area contributed by atoms with Crippen LogP contribution in [0, 0.1) is 0 Å². The summed E-state index contributed by atoms with van der Waals surface area (Å²) >= 11 is 0. The van der Waals surface area contributed by atoms with E-state index in [-0.39, 0.29) is 0 Å². The Kier molecular flexibility index (Phi) is 4.52. The van der Waals surface area contributed by atoms with E-state index in [9.17, 15) is 5.11 Å². The summed E-state index contributed by atoms with van der Waals surface area (Å²) in [6, 6.07) is 8.39. The van der Waals surface area contributed by atoms with E-state index in [2.05, 4.69) is 44.6 Å². The summed E-state index contributed by atoms with van der Waals surface area (Å²) < 4.78 is 5.18. The van der Waals surface area contributed by atoms with E-state index in [4.69, 9.17) is 4.74 Å². The van der Waals surface area contributed by atoms with Gasteiger partial charge in [-0.3, -0.25) is 4.90 Å². The normalized spacial score (nSPS) is 22.8. The Morgan fingerprint density at radius 1 is 1.41 bits per heavy atom. The van der Waals surface area contributed by atoms with Crippen LogP contribution >= 0.6 is 0 Å². The first-order valence-corrected chi connectivity index (χ1v) is 7.57. The number of piperidine rings is 1. The Hall–Kier alpha value is -1.76. The van der Waals surface area contributed by atoms with Gasteiger partial charge in [-0.1, -0.05) is 24.3 Å². The molecule has 22 heavy (non-hydrogen) atoms. The number of rotatable bonds is 5. The maximum atomic E-state index is 10.8. The van der Waals surface area contributed by atoms with E-state index in [1.165, 1.54) is 11.1 Å². The van der Waals surface area contributed by atoms with Crippen LogP contribution < -0.4 is 0 Å². The summed E-state index contributed by atoms with van der Waals surface area (Å²) in [6.45, 7) is 3.00. The largest absolute Gasteiger partial charge is 0.382 e. The Balaban J connectivity index is 1.69. The summed E-state index contributed by atoms with van der Waals surface area (Å²) in [5.41, 5.74) is 2.13. The van der Waals surface area contributed by atoms with Crippen LogP contribution in [0.25, 0.3) is 0 Å². The zero-order valence-electron chi connectivity index (χ0n) is 12.8. The van der Waals surface area contributed by atoms with Crippen LogP contribution in [0.1, 0.15) is 29.7 Å². The summed E-state index contributed by atoms with van der Waals surface area (Å²) in [6.07, 6.45) is 3.28. The highest BCUT2D eigenvalue weighted by molar-refractivity contribution is 5.23. The fourth-order valence-corrected chi connectivity index (χ4v) is 3.14. The smallest absolute Gasteiger partial charge is 0.123 e. The number of aromatic amines is 1. The van der Waals surface area contributed by atoms with Gasteiger partial charge in [-0.05, 0) is 30.5 Å². The summed E-state index contributed by atoms with van der Waals surface area (Å²) in [7, 11) is 1.70. The van der Waals surface area contributed by atoms with Crippen molar-refractivity contribution in [2.45, 2.75) is 31.6 Å². The van der Waals surface area contributed by atoms with Crippen molar-refractivity contribution in [3.05, 3.63) is 47.3 Å². The third kappa shape index (κ3) is 3.35. The zero-order chi connectivity index (χ0) is 15.4. The van der Waals surface area contributed by atoms with Crippen molar-refractivity contribution in [2.75, 3.05) is 20.2 Å². The molecule has 1 saturated heterocycles. The Labute approximate surface area is 130 Å². The van der Waals surface area contributed by atoms with Gasteiger partial charge in [-0.15, -0.1) is 0 Å². The van der Waals surface area contributed by atoms with Gasteiger partial charge in [0.15, 0.2) is 0 Å². The van der Waals surface area contributed by atoms with Crippen LogP contribution in [0.2, 0.25) is 0 Å². The molecular formula is C16H22N4O2. The number of likely N-dealkylation sites (tertiary alicyclic amines) is 1. The van der Waals surface area contributed by atoms with Gasteiger partial charge in [0.1, 0.15) is 11.3 Å². The van der Waals surface area contributed by atoms with Gasteiger partial charge in [0.05, 0.1) is 12.8 Å². The SMILES string of the molecule is COCc1cccc(CN2CCCC(O)(c3cn[nH]n3)C2)c1. The van der Waals surface area contributed by atoms with E-state index >= 15 is 0 Å². The molecule has 1 atom stereocenters. The number of aliphatic hydroxyl groups is 1. The molecule has 3 rings (SSSR count). The quantitative estimate of drug-likeness (QED) is 0.874. The Morgan fingerprint density at radius 3 is 3.05 bits per heavy atom. The number of hydrogen-bond donors (Lipinski definition) is 2. The molecule has 1 aliphatic rings.